The highest BCUT2D eigenvalue weighted by Crippen LogP contribution is 2.19. The van der Waals surface area contributed by atoms with Crippen LogP contribution in [0.3, 0.4) is 0 Å². The second kappa shape index (κ2) is 9.20. The number of hydrazone groups is 1. The summed E-state index contributed by atoms with van der Waals surface area (Å²) in [5.74, 6) is 0. The van der Waals surface area contributed by atoms with E-state index in [0.29, 0.717) is 11.7 Å². The summed E-state index contributed by atoms with van der Waals surface area (Å²) in [6.07, 6.45) is 8.82. The van der Waals surface area contributed by atoms with Crippen LogP contribution < -0.4 is 15.6 Å². The van der Waals surface area contributed by atoms with Crippen LogP contribution in [0, 0.1) is 0 Å². The fraction of sp³-hybridized carbons (Fsp3) is 0.412. The number of hydrogen-bond acceptors (Lipinski definition) is 3. The predicted molar refractivity (Wildman–Crippen MR) is 98.7 cm³/mol. The zero-order valence-corrected chi connectivity index (χ0v) is 13.7. The van der Waals surface area contributed by atoms with Crippen LogP contribution in [0.25, 0.3) is 0 Å². The number of rotatable bonds is 5. The van der Waals surface area contributed by atoms with E-state index in [1.807, 2.05) is 0 Å². The van der Waals surface area contributed by atoms with Crippen molar-refractivity contribution in [1.82, 2.24) is 10.7 Å². The minimum absolute atomic E-state index is 0.498. The Bertz CT molecular complexity index is 502. The van der Waals surface area contributed by atoms with Crippen molar-refractivity contribution in [1.29, 1.82) is 0 Å². The summed E-state index contributed by atoms with van der Waals surface area (Å²) in [6.45, 7) is 6.58. The maximum Gasteiger partial charge on any atom is 0.187 e. The molecule has 0 aromatic heterocycles. The minimum atomic E-state index is 0.498. The molecule has 0 saturated carbocycles. The normalized spacial score (nSPS) is 15.4. The second-order valence-electron chi connectivity index (χ2n) is 5.36. The molecule has 1 aliphatic rings. The minimum Gasteiger partial charge on any atom is -0.372 e. The van der Waals surface area contributed by atoms with Crippen LogP contribution in [-0.4, -0.2) is 31.0 Å². The molecule has 2 rings (SSSR count). The van der Waals surface area contributed by atoms with Gasteiger partial charge < -0.3 is 10.2 Å². The highest BCUT2D eigenvalue weighted by molar-refractivity contribution is 7.80. The SMILES string of the molecule is C=CCNC(=S)N/N=C\c1ccc(N2CCCCCC2)cc1. The Morgan fingerprint density at radius 2 is 1.86 bits per heavy atom. The largest absolute Gasteiger partial charge is 0.372 e. The predicted octanol–water partition coefficient (Wildman–Crippen LogP) is 3.05. The molecule has 0 atom stereocenters. The van der Waals surface area contributed by atoms with Gasteiger partial charge >= 0.3 is 0 Å². The number of hydrogen-bond donors (Lipinski definition) is 2. The Labute approximate surface area is 138 Å². The van der Waals surface area contributed by atoms with Gasteiger partial charge in [-0.05, 0) is 42.8 Å². The second-order valence-corrected chi connectivity index (χ2v) is 5.77. The summed E-state index contributed by atoms with van der Waals surface area (Å²) in [6, 6.07) is 8.51. The van der Waals surface area contributed by atoms with Crippen LogP contribution in [0.4, 0.5) is 5.69 Å². The van der Waals surface area contributed by atoms with Crippen LogP contribution in [0.2, 0.25) is 0 Å². The van der Waals surface area contributed by atoms with Gasteiger partial charge in [-0.3, -0.25) is 5.43 Å². The molecule has 0 radical (unpaired) electrons. The van der Waals surface area contributed by atoms with E-state index in [4.69, 9.17) is 12.2 Å². The Morgan fingerprint density at radius 3 is 2.50 bits per heavy atom. The van der Waals surface area contributed by atoms with Crippen LogP contribution in [-0.2, 0) is 0 Å². The van der Waals surface area contributed by atoms with Crippen LogP contribution in [0.5, 0.6) is 0 Å². The molecule has 2 N–H and O–H groups in total. The summed E-state index contributed by atoms with van der Waals surface area (Å²) >= 11 is 5.06. The van der Waals surface area contributed by atoms with Crippen LogP contribution >= 0.6 is 12.2 Å². The number of anilines is 1. The number of benzene rings is 1. The van der Waals surface area contributed by atoms with Gasteiger partial charge in [-0.2, -0.15) is 5.10 Å². The van der Waals surface area contributed by atoms with Gasteiger partial charge in [-0.15, -0.1) is 6.58 Å². The quantitative estimate of drug-likeness (QED) is 0.379. The third kappa shape index (κ3) is 5.48. The zero-order valence-electron chi connectivity index (χ0n) is 12.9. The Kier molecular flexibility index (Phi) is 6.90. The zero-order chi connectivity index (χ0) is 15.6. The van der Waals surface area contributed by atoms with Crippen molar-refractivity contribution in [3.05, 3.63) is 42.5 Å². The lowest BCUT2D eigenvalue weighted by molar-refractivity contribution is 0.726. The van der Waals surface area contributed by atoms with E-state index < -0.39 is 0 Å². The molecule has 4 nitrogen and oxygen atoms in total. The number of nitrogens with one attached hydrogen (secondary N) is 2. The van der Waals surface area contributed by atoms with Crippen molar-refractivity contribution >= 4 is 29.2 Å². The molecule has 118 valence electrons. The van der Waals surface area contributed by atoms with Gasteiger partial charge in [0.2, 0.25) is 0 Å². The molecule has 1 aliphatic heterocycles. The van der Waals surface area contributed by atoms with Gasteiger partial charge in [0.1, 0.15) is 0 Å². The van der Waals surface area contributed by atoms with Gasteiger partial charge in [0, 0.05) is 25.3 Å². The van der Waals surface area contributed by atoms with Crippen molar-refractivity contribution in [3.63, 3.8) is 0 Å². The first-order chi connectivity index (χ1) is 10.8. The molecule has 0 unspecified atom stereocenters. The van der Waals surface area contributed by atoms with E-state index in [0.717, 1.165) is 18.7 Å². The molecule has 0 bridgehead atoms. The van der Waals surface area contributed by atoms with E-state index in [1.165, 1.54) is 31.4 Å². The lowest BCUT2D eigenvalue weighted by Crippen LogP contribution is -2.31. The van der Waals surface area contributed by atoms with Crippen molar-refractivity contribution in [2.45, 2.75) is 25.7 Å². The molecule has 5 heteroatoms. The Morgan fingerprint density at radius 1 is 1.18 bits per heavy atom. The number of thiocarbonyl (C=S) groups is 1. The molecule has 0 aliphatic carbocycles. The molecule has 1 heterocycles. The topological polar surface area (TPSA) is 39.7 Å². The highest BCUT2D eigenvalue weighted by Gasteiger charge is 2.09. The molecule has 0 amide bonds. The van der Waals surface area contributed by atoms with Crippen molar-refractivity contribution in [2.75, 3.05) is 24.5 Å². The van der Waals surface area contributed by atoms with Gasteiger partial charge in [-0.25, -0.2) is 0 Å². The Hall–Kier alpha value is -1.88. The molecule has 1 aromatic rings. The molecular formula is C17H24N4S. The van der Waals surface area contributed by atoms with E-state index in [9.17, 15) is 0 Å². The summed E-state index contributed by atoms with van der Waals surface area (Å²) in [5.41, 5.74) is 5.14. The number of nitrogens with zero attached hydrogens (tertiary/aromatic N) is 2. The van der Waals surface area contributed by atoms with Gasteiger partial charge in [0.15, 0.2) is 5.11 Å². The Balaban J connectivity index is 1.85. The average molecular weight is 316 g/mol. The third-order valence-corrected chi connectivity index (χ3v) is 3.89. The highest BCUT2D eigenvalue weighted by atomic mass is 32.1. The summed E-state index contributed by atoms with van der Waals surface area (Å²) < 4.78 is 0. The summed E-state index contributed by atoms with van der Waals surface area (Å²) in [7, 11) is 0. The van der Waals surface area contributed by atoms with Gasteiger partial charge in [0.25, 0.3) is 0 Å². The maximum absolute atomic E-state index is 5.06. The molecule has 1 saturated heterocycles. The van der Waals surface area contributed by atoms with Gasteiger partial charge in [0.05, 0.1) is 6.21 Å². The summed E-state index contributed by atoms with van der Waals surface area (Å²) in [4.78, 5) is 2.47. The first kappa shape index (κ1) is 16.5. The lowest BCUT2D eigenvalue weighted by atomic mass is 10.2. The maximum atomic E-state index is 5.06. The molecular weight excluding hydrogens is 292 g/mol. The van der Waals surface area contributed by atoms with E-state index in [1.54, 1.807) is 12.3 Å². The van der Waals surface area contributed by atoms with E-state index in [2.05, 4.69) is 51.6 Å². The first-order valence-electron chi connectivity index (χ1n) is 7.82. The van der Waals surface area contributed by atoms with Crippen molar-refractivity contribution in [2.24, 2.45) is 5.10 Å². The van der Waals surface area contributed by atoms with Gasteiger partial charge in [-0.1, -0.05) is 31.1 Å². The monoisotopic (exact) mass is 316 g/mol. The van der Waals surface area contributed by atoms with Crippen LogP contribution in [0.1, 0.15) is 31.2 Å². The lowest BCUT2D eigenvalue weighted by Gasteiger charge is -2.22. The molecule has 22 heavy (non-hydrogen) atoms. The first-order valence-corrected chi connectivity index (χ1v) is 8.23. The average Bonchev–Trinajstić information content (AvgIpc) is 2.83. The van der Waals surface area contributed by atoms with Crippen LogP contribution in [0.15, 0.2) is 42.0 Å². The fourth-order valence-electron chi connectivity index (χ4n) is 2.47. The summed E-state index contributed by atoms with van der Waals surface area (Å²) in [5, 5.41) is 7.58. The molecule has 1 aromatic carbocycles. The van der Waals surface area contributed by atoms with E-state index >= 15 is 0 Å². The standard InChI is InChI=1S/C17H24N4S/c1-2-11-18-17(22)20-19-14-15-7-9-16(10-8-15)21-12-5-3-4-6-13-21/h2,7-10,14H,1,3-6,11-13H2,(H2,18,20,22)/b19-14-. The van der Waals surface area contributed by atoms with Crippen molar-refractivity contribution in [3.8, 4) is 0 Å². The van der Waals surface area contributed by atoms with Crippen molar-refractivity contribution < 1.29 is 0 Å². The smallest absolute Gasteiger partial charge is 0.187 e. The molecule has 0 spiro atoms. The molecule has 1 fully saturated rings. The third-order valence-electron chi connectivity index (χ3n) is 3.65. The van der Waals surface area contributed by atoms with E-state index in [-0.39, 0.29) is 0 Å². The fourth-order valence-corrected chi connectivity index (χ4v) is 2.61.